The number of carbonyl (C=O) groups is 2. The topological polar surface area (TPSA) is 92.5 Å². The molecule has 1 unspecified atom stereocenters. The molecule has 0 aliphatic carbocycles. The molecule has 8 heteroatoms. The number of nitro groups is 1. The van der Waals surface area contributed by atoms with E-state index in [2.05, 4.69) is 5.32 Å². The van der Waals surface area contributed by atoms with E-state index in [1.54, 1.807) is 11.0 Å². The molecule has 2 aromatic carbocycles. The van der Waals surface area contributed by atoms with Crippen molar-refractivity contribution in [3.05, 3.63) is 58.6 Å². The van der Waals surface area contributed by atoms with Crippen molar-refractivity contribution in [2.24, 2.45) is 0 Å². The number of nitrogens with zero attached hydrogens (tertiary/aromatic N) is 2. The monoisotopic (exact) mass is 355 g/mol. The molecule has 2 aliphatic rings. The summed E-state index contributed by atoms with van der Waals surface area (Å²) in [6, 6.07) is 13.2. The Morgan fingerprint density at radius 2 is 2.04 bits per heavy atom. The molecule has 2 amide bonds. The molecule has 0 saturated carbocycles. The summed E-state index contributed by atoms with van der Waals surface area (Å²) in [5.74, 6) is -0.438. The normalized spacial score (nSPS) is 21.0. The molecule has 2 aliphatic heterocycles. The highest BCUT2D eigenvalue weighted by Crippen LogP contribution is 2.56. The second-order valence-corrected chi connectivity index (χ2v) is 7.16. The molecule has 4 rings (SSSR count). The Morgan fingerprint density at radius 3 is 2.84 bits per heavy atom. The first-order valence-electron chi connectivity index (χ1n) is 7.68. The molecule has 1 saturated heterocycles. The molecule has 7 nitrogen and oxygen atoms in total. The van der Waals surface area contributed by atoms with Gasteiger partial charge in [-0.3, -0.25) is 24.6 Å². The van der Waals surface area contributed by atoms with E-state index < -0.39 is 9.79 Å². The first kappa shape index (κ1) is 15.6. The van der Waals surface area contributed by atoms with Crippen LogP contribution in [0.5, 0.6) is 0 Å². The van der Waals surface area contributed by atoms with Gasteiger partial charge in [-0.25, -0.2) is 0 Å². The fourth-order valence-corrected chi connectivity index (χ4v) is 4.64. The van der Waals surface area contributed by atoms with Gasteiger partial charge in [0.05, 0.1) is 10.6 Å². The third kappa shape index (κ3) is 2.37. The minimum atomic E-state index is -1.04. The van der Waals surface area contributed by atoms with Crippen LogP contribution in [0.25, 0.3) is 0 Å². The molecule has 1 atom stereocenters. The minimum Gasteiger partial charge on any atom is -0.323 e. The summed E-state index contributed by atoms with van der Waals surface area (Å²) in [6.07, 6.45) is 0.690. The largest absolute Gasteiger partial charge is 0.323 e. The molecule has 0 aromatic heterocycles. The fourth-order valence-electron chi connectivity index (χ4n) is 3.22. The van der Waals surface area contributed by atoms with Crippen LogP contribution in [-0.4, -0.2) is 21.6 Å². The van der Waals surface area contributed by atoms with E-state index >= 15 is 0 Å². The van der Waals surface area contributed by atoms with Crippen molar-refractivity contribution < 1.29 is 14.5 Å². The first-order valence-corrected chi connectivity index (χ1v) is 8.50. The van der Waals surface area contributed by atoms with Crippen LogP contribution in [0.3, 0.4) is 0 Å². The van der Waals surface area contributed by atoms with Crippen LogP contribution in [0, 0.1) is 10.1 Å². The number of thioether (sulfide) groups is 1. The highest BCUT2D eigenvalue weighted by molar-refractivity contribution is 8.02. The van der Waals surface area contributed by atoms with E-state index in [0.717, 1.165) is 10.6 Å². The molecule has 1 fully saturated rings. The summed E-state index contributed by atoms with van der Waals surface area (Å²) in [5.41, 5.74) is 0.977. The Morgan fingerprint density at radius 1 is 1.24 bits per heavy atom. The lowest BCUT2D eigenvalue weighted by atomic mass is 10.1. The van der Waals surface area contributed by atoms with Gasteiger partial charge in [0.1, 0.15) is 0 Å². The first-order chi connectivity index (χ1) is 12.0. The van der Waals surface area contributed by atoms with Gasteiger partial charge in [0, 0.05) is 29.1 Å². The van der Waals surface area contributed by atoms with Gasteiger partial charge in [-0.15, -0.1) is 0 Å². The number of fused-ring (bicyclic) bond motifs is 3. The Labute approximate surface area is 147 Å². The molecule has 0 radical (unpaired) electrons. The summed E-state index contributed by atoms with van der Waals surface area (Å²) in [4.78, 5) is 37.2. The summed E-state index contributed by atoms with van der Waals surface area (Å²) in [7, 11) is 0. The zero-order valence-electron chi connectivity index (χ0n) is 13.0. The molecular weight excluding hydrogens is 342 g/mol. The number of rotatable bonds is 3. The number of hydrogen-bond donors (Lipinski definition) is 1. The zero-order valence-corrected chi connectivity index (χ0v) is 13.8. The highest BCUT2D eigenvalue weighted by atomic mass is 32.2. The number of anilines is 2. The predicted molar refractivity (Wildman–Crippen MR) is 93.5 cm³/mol. The Kier molecular flexibility index (Phi) is 3.50. The van der Waals surface area contributed by atoms with Crippen LogP contribution in [0.2, 0.25) is 0 Å². The standard InChI is InChI=1S/C17H13N3O4S/c21-15-8-9-17(19(15)13-6-1-2-7-14(13)25-17)16(22)18-11-4-3-5-12(10-11)20(23)24/h1-7,10H,8-9H2,(H,18,22). The Bertz CT molecular complexity index is 916. The lowest BCUT2D eigenvalue weighted by molar-refractivity contribution is -0.384. The average molecular weight is 355 g/mol. The number of nitro benzene ring substituents is 1. The summed E-state index contributed by atoms with van der Waals surface area (Å²) < 4.78 is 0. The second kappa shape index (κ2) is 5.59. The molecule has 0 spiro atoms. The van der Waals surface area contributed by atoms with Crippen molar-refractivity contribution >= 4 is 40.6 Å². The van der Waals surface area contributed by atoms with Crippen LogP contribution in [0.15, 0.2) is 53.4 Å². The number of benzene rings is 2. The van der Waals surface area contributed by atoms with Gasteiger partial charge in [-0.1, -0.05) is 30.0 Å². The molecular formula is C17H13N3O4S. The molecule has 2 heterocycles. The lowest BCUT2D eigenvalue weighted by Crippen LogP contribution is -2.49. The maximum absolute atomic E-state index is 13.0. The maximum Gasteiger partial charge on any atom is 0.271 e. The highest BCUT2D eigenvalue weighted by Gasteiger charge is 2.57. The van der Waals surface area contributed by atoms with Gasteiger partial charge in [-0.2, -0.15) is 0 Å². The number of hydrogen-bond acceptors (Lipinski definition) is 5. The van der Waals surface area contributed by atoms with E-state index in [4.69, 9.17) is 0 Å². The van der Waals surface area contributed by atoms with Gasteiger partial charge in [0.15, 0.2) is 4.87 Å². The van der Waals surface area contributed by atoms with Crippen molar-refractivity contribution in [2.45, 2.75) is 22.6 Å². The summed E-state index contributed by atoms with van der Waals surface area (Å²) in [5, 5.41) is 13.6. The summed E-state index contributed by atoms with van der Waals surface area (Å²) >= 11 is 1.35. The quantitative estimate of drug-likeness (QED) is 0.674. The van der Waals surface area contributed by atoms with Gasteiger partial charge < -0.3 is 5.32 Å². The van der Waals surface area contributed by atoms with E-state index in [9.17, 15) is 19.7 Å². The van der Waals surface area contributed by atoms with Gasteiger partial charge in [-0.05, 0) is 24.6 Å². The van der Waals surface area contributed by atoms with Crippen LogP contribution in [-0.2, 0) is 9.59 Å². The number of amides is 2. The maximum atomic E-state index is 13.0. The van der Waals surface area contributed by atoms with Crippen molar-refractivity contribution in [2.75, 3.05) is 10.2 Å². The number of nitrogens with one attached hydrogen (secondary N) is 1. The van der Waals surface area contributed by atoms with E-state index in [-0.39, 0.29) is 17.5 Å². The van der Waals surface area contributed by atoms with Gasteiger partial charge >= 0.3 is 0 Å². The van der Waals surface area contributed by atoms with E-state index in [0.29, 0.717) is 18.5 Å². The van der Waals surface area contributed by atoms with Crippen LogP contribution in [0.4, 0.5) is 17.1 Å². The SMILES string of the molecule is O=C1CCC2(C(=O)Nc3cccc([N+](=O)[O-])c3)Sc3ccccc3N12. The Hall–Kier alpha value is -2.87. The van der Waals surface area contributed by atoms with Gasteiger partial charge in [0.25, 0.3) is 11.6 Å². The average Bonchev–Trinajstić information content (AvgIpc) is 3.11. The molecule has 0 bridgehead atoms. The molecule has 126 valence electrons. The smallest absolute Gasteiger partial charge is 0.271 e. The van der Waals surface area contributed by atoms with Crippen molar-refractivity contribution in [3.8, 4) is 0 Å². The van der Waals surface area contributed by atoms with Crippen molar-refractivity contribution in [1.82, 2.24) is 0 Å². The second-order valence-electron chi connectivity index (χ2n) is 5.84. The minimum absolute atomic E-state index is 0.0911. The third-order valence-corrected chi connectivity index (χ3v) is 5.82. The Balaban J connectivity index is 1.67. The zero-order chi connectivity index (χ0) is 17.6. The van der Waals surface area contributed by atoms with Crippen LogP contribution in [0.1, 0.15) is 12.8 Å². The van der Waals surface area contributed by atoms with Crippen molar-refractivity contribution in [3.63, 3.8) is 0 Å². The molecule has 2 aromatic rings. The van der Waals surface area contributed by atoms with Gasteiger partial charge in [0.2, 0.25) is 5.91 Å². The molecule has 25 heavy (non-hydrogen) atoms. The summed E-state index contributed by atoms with van der Waals surface area (Å²) in [6.45, 7) is 0. The lowest BCUT2D eigenvalue weighted by Gasteiger charge is -2.29. The predicted octanol–water partition coefficient (Wildman–Crippen LogP) is 3.16. The number of carbonyl (C=O) groups excluding carboxylic acids is 2. The third-order valence-electron chi connectivity index (χ3n) is 4.34. The number of non-ortho nitro benzene ring substituents is 1. The fraction of sp³-hybridized carbons (Fsp3) is 0.176. The van der Waals surface area contributed by atoms with E-state index in [1.165, 1.54) is 30.0 Å². The van der Waals surface area contributed by atoms with Crippen LogP contribution >= 0.6 is 11.8 Å². The molecule has 1 N–H and O–H groups in total. The number of para-hydroxylation sites is 1. The van der Waals surface area contributed by atoms with E-state index in [1.807, 2.05) is 24.3 Å². The van der Waals surface area contributed by atoms with Crippen molar-refractivity contribution in [1.29, 1.82) is 0 Å². The van der Waals surface area contributed by atoms with Crippen LogP contribution < -0.4 is 10.2 Å².